The van der Waals surface area contributed by atoms with Crippen molar-refractivity contribution in [3.8, 4) is 5.75 Å². The molecule has 5 nitrogen and oxygen atoms in total. The highest BCUT2D eigenvalue weighted by Crippen LogP contribution is 2.18. The summed E-state index contributed by atoms with van der Waals surface area (Å²) in [5.41, 5.74) is 3.16. The van der Waals surface area contributed by atoms with E-state index >= 15 is 0 Å². The lowest BCUT2D eigenvalue weighted by atomic mass is 10.0. The van der Waals surface area contributed by atoms with Crippen LogP contribution in [0.4, 0.5) is 0 Å². The Bertz CT molecular complexity index is 737. The number of benzene rings is 1. The Morgan fingerprint density at radius 2 is 2.17 bits per heavy atom. The van der Waals surface area contributed by atoms with Gasteiger partial charge in [-0.2, -0.15) is 0 Å². The molecule has 1 N–H and O–H groups in total. The number of ether oxygens (including phenoxy) is 1. The molecule has 0 radical (unpaired) electrons. The van der Waals surface area contributed by atoms with Crippen molar-refractivity contribution in [2.75, 3.05) is 13.7 Å². The van der Waals surface area contributed by atoms with E-state index in [2.05, 4.69) is 10.5 Å². The number of nitrogens with one attached hydrogen (secondary N) is 1. The molecule has 6 heteroatoms. The molecule has 24 heavy (non-hydrogen) atoms. The maximum absolute atomic E-state index is 12.1. The highest BCUT2D eigenvalue weighted by molar-refractivity contribution is 7.12. The number of thiophene rings is 1. The molecule has 1 amide bonds. The van der Waals surface area contributed by atoms with Crippen LogP contribution in [-0.4, -0.2) is 31.4 Å². The summed E-state index contributed by atoms with van der Waals surface area (Å²) in [4.78, 5) is 18.3. The van der Waals surface area contributed by atoms with Crippen molar-refractivity contribution >= 4 is 23.0 Å². The third-order valence-corrected chi connectivity index (χ3v) is 4.94. The number of carbonyl (C=O) groups is 1. The molecule has 1 aromatic heterocycles. The van der Waals surface area contributed by atoms with Gasteiger partial charge in [-0.05, 0) is 41.6 Å². The van der Waals surface area contributed by atoms with Crippen LogP contribution >= 0.6 is 11.3 Å². The van der Waals surface area contributed by atoms with E-state index in [9.17, 15) is 4.79 Å². The first kappa shape index (κ1) is 16.5. The van der Waals surface area contributed by atoms with Crippen LogP contribution in [0.3, 0.4) is 0 Å². The van der Waals surface area contributed by atoms with Gasteiger partial charge in [-0.15, -0.1) is 11.3 Å². The largest absolute Gasteiger partial charge is 0.497 e. The van der Waals surface area contributed by atoms with Gasteiger partial charge in [-0.1, -0.05) is 17.3 Å². The second kappa shape index (κ2) is 7.49. The molecule has 0 bridgehead atoms. The zero-order valence-electron chi connectivity index (χ0n) is 13.7. The maximum atomic E-state index is 12.1. The molecular formula is C18H20N2O3S. The van der Waals surface area contributed by atoms with E-state index in [4.69, 9.17) is 9.57 Å². The lowest BCUT2D eigenvalue weighted by Gasteiger charge is -2.09. The molecule has 0 saturated heterocycles. The fraction of sp³-hybridized carbons (Fsp3) is 0.333. The Hall–Kier alpha value is -2.34. The van der Waals surface area contributed by atoms with Crippen LogP contribution in [0.1, 0.15) is 27.2 Å². The van der Waals surface area contributed by atoms with E-state index in [1.807, 2.05) is 42.6 Å². The van der Waals surface area contributed by atoms with Gasteiger partial charge in [0.2, 0.25) is 0 Å². The first-order chi connectivity index (χ1) is 11.7. The Morgan fingerprint density at radius 3 is 2.83 bits per heavy atom. The normalized spacial score (nSPS) is 16.4. The molecule has 1 aliphatic rings. The van der Waals surface area contributed by atoms with Crippen molar-refractivity contribution in [2.45, 2.75) is 25.9 Å². The summed E-state index contributed by atoms with van der Waals surface area (Å²) in [6, 6.07) is 9.87. The van der Waals surface area contributed by atoms with Crippen molar-refractivity contribution in [2.24, 2.45) is 5.16 Å². The van der Waals surface area contributed by atoms with Gasteiger partial charge < -0.3 is 14.9 Å². The molecule has 2 heterocycles. The molecule has 3 rings (SSSR count). The zero-order valence-corrected chi connectivity index (χ0v) is 14.6. The Kier molecular flexibility index (Phi) is 5.15. The SMILES string of the molecule is COc1ccc(CC2=NOC(CNC(=O)c3sccc3C)C2)cc1. The predicted molar refractivity (Wildman–Crippen MR) is 95.0 cm³/mol. The van der Waals surface area contributed by atoms with Crippen LogP contribution in [-0.2, 0) is 11.3 Å². The Labute approximate surface area is 145 Å². The van der Waals surface area contributed by atoms with Gasteiger partial charge in [0, 0.05) is 12.8 Å². The number of amides is 1. The van der Waals surface area contributed by atoms with E-state index in [1.165, 1.54) is 11.3 Å². The number of nitrogens with zero attached hydrogens (tertiary/aromatic N) is 1. The molecule has 0 saturated carbocycles. The van der Waals surface area contributed by atoms with Gasteiger partial charge in [0.1, 0.15) is 11.9 Å². The van der Waals surface area contributed by atoms with Crippen molar-refractivity contribution in [1.82, 2.24) is 5.32 Å². The van der Waals surface area contributed by atoms with E-state index < -0.39 is 0 Å². The van der Waals surface area contributed by atoms with Gasteiger partial charge in [-0.25, -0.2) is 0 Å². The summed E-state index contributed by atoms with van der Waals surface area (Å²) in [7, 11) is 1.65. The molecular weight excluding hydrogens is 324 g/mol. The third kappa shape index (κ3) is 3.94. The fourth-order valence-corrected chi connectivity index (χ4v) is 3.41. The quantitative estimate of drug-likeness (QED) is 0.875. The average molecular weight is 344 g/mol. The Balaban J connectivity index is 1.46. The van der Waals surface area contributed by atoms with Crippen molar-refractivity contribution in [1.29, 1.82) is 0 Å². The molecule has 126 valence electrons. The first-order valence-electron chi connectivity index (χ1n) is 7.82. The zero-order chi connectivity index (χ0) is 16.9. The topological polar surface area (TPSA) is 59.9 Å². The molecule has 0 spiro atoms. The highest BCUT2D eigenvalue weighted by atomic mass is 32.1. The summed E-state index contributed by atoms with van der Waals surface area (Å²) in [5, 5.41) is 9.00. The molecule has 1 aromatic carbocycles. The van der Waals surface area contributed by atoms with Crippen LogP contribution < -0.4 is 10.1 Å². The van der Waals surface area contributed by atoms with E-state index in [0.29, 0.717) is 6.54 Å². The Morgan fingerprint density at radius 1 is 1.38 bits per heavy atom. The number of rotatable bonds is 6. The van der Waals surface area contributed by atoms with Crippen LogP contribution in [0, 0.1) is 6.92 Å². The van der Waals surface area contributed by atoms with Gasteiger partial charge in [0.15, 0.2) is 0 Å². The number of hydrogen-bond donors (Lipinski definition) is 1. The number of aryl methyl sites for hydroxylation is 1. The molecule has 2 aromatic rings. The predicted octanol–water partition coefficient (Wildman–Crippen LogP) is 3.18. The minimum absolute atomic E-state index is 0.0466. The second-order valence-electron chi connectivity index (χ2n) is 5.76. The summed E-state index contributed by atoms with van der Waals surface area (Å²) in [6.07, 6.45) is 1.39. The maximum Gasteiger partial charge on any atom is 0.261 e. The lowest BCUT2D eigenvalue weighted by molar-refractivity contribution is 0.0755. The number of carbonyl (C=O) groups excluding carboxylic acids is 1. The van der Waals surface area contributed by atoms with Gasteiger partial charge in [0.25, 0.3) is 5.91 Å². The van der Waals surface area contributed by atoms with Crippen LogP contribution in [0.2, 0.25) is 0 Å². The first-order valence-corrected chi connectivity index (χ1v) is 8.70. The van der Waals surface area contributed by atoms with E-state index in [1.54, 1.807) is 7.11 Å². The smallest absolute Gasteiger partial charge is 0.261 e. The number of oxime groups is 1. The number of methoxy groups -OCH3 is 1. The van der Waals surface area contributed by atoms with Gasteiger partial charge in [0.05, 0.1) is 24.2 Å². The minimum atomic E-state index is -0.0949. The monoisotopic (exact) mass is 344 g/mol. The summed E-state index contributed by atoms with van der Waals surface area (Å²) >= 11 is 1.45. The number of hydrogen-bond acceptors (Lipinski definition) is 5. The van der Waals surface area contributed by atoms with Crippen LogP contribution in [0.5, 0.6) is 5.75 Å². The van der Waals surface area contributed by atoms with Crippen LogP contribution in [0.25, 0.3) is 0 Å². The van der Waals surface area contributed by atoms with Crippen molar-refractivity contribution < 1.29 is 14.4 Å². The highest BCUT2D eigenvalue weighted by Gasteiger charge is 2.22. The third-order valence-electron chi connectivity index (χ3n) is 3.92. The van der Waals surface area contributed by atoms with E-state index in [-0.39, 0.29) is 12.0 Å². The standard InChI is InChI=1S/C18H20N2O3S/c1-12-7-8-24-17(12)18(21)19-11-16-10-14(20-23-16)9-13-3-5-15(22-2)6-4-13/h3-8,16H,9-11H2,1-2H3,(H,19,21). The minimum Gasteiger partial charge on any atom is -0.497 e. The van der Waals surface area contributed by atoms with Crippen molar-refractivity contribution in [3.63, 3.8) is 0 Å². The summed E-state index contributed by atoms with van der Waals surface area (Å²) in [6.45, 7) is 2.40. The van der Waals surface area contributed by atoms with Gasteiger partial charge >= 0.3 is 0 Å². The molecule has 1 aliphatic heterocycles. The average Bonchev–Trinajstić information content (AvgIpc) is 3.22. The lowest BCUT2D eigenvalue weighted by Crippen LogP contribution is -2.32. The molecule has 0 fully saturated rings. The molecule has 0 aliphatic carbocycles. The molecule has 1 atom stereocenters. The van der Waals surface area contributed by atoms with Gasteiger partial charge in [-0.3, -0.25) is 4.79 Å². The van der Waals surface area contributed by atoms with Crippen molar-refractivity contribution in [3.05, 3.63) is 51.7 Å². The van der Waals surface area contributed by atoms with E-state index in [0.717, 1.165) is 40.3 Å². The summed E-state index contributed by atoms with van der Waals surface area (Å²) < 4.78 is 5.16. The van der Waals surface area contributed by atoms with Crippen LogP contribution in [0.15, 0.2) is 40.9 Å². The second-order valence-corrected chi connectivity index (χ2v) is 6.67. The summed E-state index contributed by atoms with van der Waals surface area (Å²) in [5.74, 6) is 0.794. The fourth-order valence-electron chi connectivity index (χ4n) is 2.57. The molecule has 1 unspecified atom stereocenters.